The summed E-state index contributed by atoms with van der Waals surface area (Å²) in [5.74, 6) is -0.227. The molecule has 12 heavy (non-hydrogen) atoms. The van der Waals surface area contributed by atoms with Crippen molar-refractivity contribution in [3.63, 3.8) is 0 Å². The molecule has 0 amide bonds. The van der Waals surface area contributed by atoms with Crippen LogP contribution in [0.25, 0.3) is 0 Å². The second kappa shape index (κ2) is 3.44. The molecule has 70 valence electrons. The molecule has 1 saturated carbocycles. The van der Waals surface area contributed by atoms with Gasteiger partial charge in [-0.1, -0.05) is 6.42 Å². The van der Waals surface area contributed by atoms with E-state index in [9.17, 15) is 4.79 Å². The molecule has 1 aliphatic rings. The third kappa shape index (κ3) is 1.97. The summed E-state index contributed by atoms with van der Waals surface area (Å²) in [6.07, 6.45) is 4.12. The summed E-state index contributed by atoms with van der Waals surface area (Å²) in [5, 5.41) is 0. The van der Waals surface area contributed by atoms with Gasteiger partial charge in [-0.2, -0.15) is 0 Å². The molecule has 0 bridgehead atoms. The Morgan fingerprint density at radius 2 is 2.25 bits per heavy atom. The van der Waals surface area contributed by atoms with E-state index in [0.29, 0.717) is 0 Å². The Labute approximate surface area is 73.3 Å². The normalized spacial score (nSPS) is 36.1. The van der Waals surface area contributed by atoms with Crippen LogP contribution in [0.3, 0.4) is 0 Å². The fraction of sp³-hybridized carbons (Fsp3) is 0.889. The van der Waals surface area contributed by atoms with Crippen molar-refractivity contribution in [3.8, 4) is 0 Å². The van der Waals surface area contributed by atoms with E-state index < -0.39 is 5.60 Å². The minimum atomic E-state index is -0.413. The Morgan fingerprint density at radius 3 is 2.75 bits per heavy atom. The van der Waals surface area contributed by atoms with Crippen molar-refractivity contribution in [2.45, 2.75) is 51.2 Å². The van der Waals surface area contributed by atoms with E-state index in [-0.39, 0.29) is 12.0 Å². The number of carbonyl (C=O) groups is 1. The molecule has 0 aromatic rings. The van der Waals surface area contributed by atoms with Crippen molar-refractivity contribution in [2.75, 3.05) is 0 Å². The second-order valence-corrected chi connectivity index (χ2v) is 3.76. The topological polar surface area (TPSA) is 52.3 Å². The Bertz CT molecular complexity index is 181. The van der Waals surface area contributed by atoms with Gasteiger partial charge in [0.1, 0.15) is 5.60 Å². The van der Waals surface area contributed by atoms with Crippen LogP contribution in [-0.2, 0) is 9.53 Å². The van der Waals surface area contributed by atoms with Gasteiger partial charge < -0.3 is 10.5 Å². The first-order valence-corrected chi connectivity index (χ1v) is 4.50. The fourth-order valence-electron chi connectivity index (χ4n) is 1.79. The number of carbonyl (C=O) groups excluding carboxylic acids is 1. The average Bonchev–Trinajstić information content (AvgIpc) is 1.94. The van der Waals surface area contributed by atoms with Crippen LogP contribution in [0.15, 0.2) is 0 Å². The van der Waals surface area contributed by atoms with E-state index in [0.717, 1.165) is 25.7 Å². The molecule has 0 aromatic carbocycles. The van der Waals surface area contributed by atoms with E-state index >= 15 is 0 Å². The summed E-state index contributed by atoms with van der Waals surface area (Å²) in [6.45, 7) is 3.37. The highest BCUT2D eigenvalue weighted by Gasteiger charge is 2.36. The van der Waals surface area contributed by atoms with Crippen molar-refractivity contribution < 1.29 is 9.53 Å². The fourth-order valence-corrected chi connectivity index (χ4v) is 1.79. The molecule has 3 nitrogen and oxygen atoms in total. The summed E-state index contributed by atoms with van der Waals surface area (Å²) in [5.41, 5.74) is 5.47. The third-order valence-corrected chi connectivity index (χ3v) is 2.60. The van der Waals surface area contributed by atoms with E-state index in [1.165, 1.54) is 6.92 Å². The lowest BCUT2D eigenvalue weighted by molar-refractivity contribution is -0.160. The maximum Gasteiger partial charge on any atom is 0.303 e. The molecule has 1 fully saturated rings. The highest BCUT2D eigenvalue weighted by atomic mass is 16.6. The number of rotatable bonds is 1. The quantitative estimate of drug-likeness (QED) is 0.603. The molecule has 0 spiro atoms. The highest BCUT2D eigenvalue weighted by molar-refractivity contribution is 5.66. The Hall–Kier alpha value is -0.570. The van der Waals surface area contributed by atoms with E-state index in [1.54, 1.807) is 0 Å². The van der Waals surface area contributed by atoms with E-state index in [1.807, 2.05) is 6.92 Å². The third-order valence-electron chi connectivity index (χ3n) is 2.60. The Balaban J connectivity index is 2.59. The van der Waals surface area contributed by atoms with Gasteiger partial charge in [-0.05, 0) is 26.2 Å². The standard InChI is InChI=1S/C9H17NO2/c1-7(11)12-9(2)6-4-3-5-8(9)10/h8H,3-6,10H2,1-2H3/t8-,9?/m0/s1. The average molecular weight is 171 g/mol. The van der Waals surface area contributed by atoms with Crippen LogP contribution in [0.2, 0.25) is 0 Å². The molecular weight excluding hydrogens is 154 g/mol. The molecule has 2 N–H and O–H groups in total. The minimum absolute atomic E-state index is 0.00940. The largest absolute Gasteiger partial charge is 0.458 e. The molecule has 0 radical (unpaired) electrons. The van der Waals surface area contributed by atoms with Crippen LogP contribution < -0.4 is 5.73 Å². The molecular formula is C9H17NO2. The zero-order chi connectivity index (χ0) is 9.19. The van der Waals surface area contributed by atoms with Crippen LogP contribution in [0.1, 0.15) is 39.5 Å². The Kier molecular flexibility index (Phi) is 2.73. The zero-order valence-electron chi connectivity index (χ0n) is 7.80. The predicted octanol–water partition coefficient (Wildman–Crippen LogP) is 1.21. The summed E-state index contributed by atoms with van der Waals surface area (Å²) < 4.78 is 5.23. The number of ether oxygens (including phenoxy) is 1. The summed E-state index contributed by atoms with van der Waals surface area (Å²) in [7, 11) is 0. The van der Waals surface area contributed by atoms with Crippen LogP contribution >= 0.6 is 0 Å². The van der Waals surface area contributed by atoms with E-state index in [4.69, 9.17) is 10.5 Å². The van der Waals surface area contributed by atoms with Gasteiger partial charge in [-0.25, -0.2) is 0 Å². The van der Waals surface area contributed by atoms with Gasteiger partial charge in [0.05, 0.1) is 0 Å². The molecule has 0 heterocycles. The molecule has 0 saturated heterocycles. The lowest BCUT2D eigenvalue weighted by atomic mass is 9.82. The van der Waals surface area contributed by atoms with Crippen LogP contribution in [-0.4, -0.2) is 17.6 Å². The van der Waals surface area contributed by atoms with Crippen molar-refractivity contribution in [1.29, 1.82) is 0 Å². The predicted molar refractivity (Wildman–Crippen MR) is 46.6 cm³/mol. The summed E-state index contributed by atoms with van der Waals surface area (Å²) in [6, 6.07) is 0.00940. The smallest absolute Gasteiger partial charge is 0.303 e. The van der Waals surface area contributed by atoms with E-state index in [2.05, 4.69) is 0 Å². The molecule has 3 heteroatoms. The summed E-state index contributed by atoms with van der Waals surface area (Å²) >= 11 is 0. The maximum absolute atomic E-state index is 10.8. The Morgan fingerprint density at radius 1 is 1.58 bits per heavy atom. The molecule has 1 rings (SSSR count). The first-order valence-electron chi connectivity index (χ1n) is 4.50. The number of hydrogen-bond donors (Lipinski definition) is 1. The first kappa shape index (κ1) is 9.52. The lowest BCUT2D eigenvalue weighted by Crippen LogP contribution is -2.50. The molecule has 0 aromatic heterocycles. The van der Waals surface area contributed by atoms with Crippen molar-refractivity contribution >= 4 is 5.97 Å². The van der Waals surface area contributed by atoms with Crippen molar-refractivity contribution in [1.82, 2.24) is 0 Å². The van der Waals surface area contributed by atoms with Gasteiger partial charge in [0.15, 0.2) is 0 Å². The van der Waals surface area contributed by atoms with Gasteiger partial charge in [-0.3, -0.25) is 4.79 Å². The van der Waals surface area contributed by atoms with Crippen LogP contribution in [0.5, 0.6) is 0 Å². The molecule has 1 aliphatic carbocycles. The van der Waals surface area contributed by atoms with Gasteiger partial charge in [0.2, 0.25) is 0 Å². The lowest BCUT2D eigenvalue weighted by Gasteiger charge is -2.38. The van der Waals surface area contributed by atoms with Gasteiger partial charge in [-0.15, -0.1) is 0 Å². The number of esters is 1. The monoisotopic (exact) mass is 171 g/mol. The SMILES string of the molecule is CC(=O)OC1(C)CCCC[C@@H]1N. The first-order chi connectivity index (χ1) is 5.54. The number of hydrogen-bond acceptors (Lipinski definition) is 3. The molecule has 2 atom stereocenters. The van der Waals surface area contributed by atoms with Crippen LogP contribution in [0, 0.1) is 0 Å². The molecule has 1 unspecified atom stereocenters. The number of nitrogens with two attached hydrogens (primary N) is 1. The molecule has 0 aliphatic heterocycles. The second-order valence-electron chi connectivity index (χ2n) is 3.76. The van der Waals surface area contributed by atoms with Crippen LogP contribution in [0.4, 0.5) is 0 Å². The van der Waals surface area contributed by atoms with Gasteiger partial charge in [0, 0.05) is 13.0 Å². The maximum atomic E-state index is 10.8. The minimum Gasteiger partial charge on any atom is -0.458 e. The van der Waals surface area contributed by atoms with Gasteiger partial charge >= 0.3 is 5.97 Å². The zero-order valence-corrected chi connectivity index (χ0v) is 7.80. The van der Waals surface area contributed by atoms with Crippen molar-refractivity contribution in [2.24, 2.45) is 5.73 Å². The highest BCUT2D eigenvalue weighted by Crippen LogP contribution is 2.30. The van der Waals surface area contributed by atoms with Gasteiger partial charge in [0.25, 0.3) is 0 Å². The summed E-state index contributed by atoms with van der Waals surface area (Å²) in [4.78, 5) is 10.8. The van der Waals surface area contributed by atoms with Crippen molar-refractivity contribution in [3.05, 3.63) is 0 Å².